The highest BCUT2D eigenvalue weighted by Crippen LogP contribution is 2.35. The van der Waals surface area contributed by atoms with Crippen LogP contribution in [0.1, 0.15) is 44.1 Å². The number of carbonyl (C=O) groups excluding carboxylic acids is 1. The highest BCUT2D eigenvalue weighted by Gasteiger charge is 2.33. The van der Waals surface area contributed by atoms with Crippen LogP contribution in [0.25, 0.3) is 0 Å². The van der Waals surface area contributed by atoms with Crippen LogP contribution in [-0.4, -0.2) is 29.9 Å². The summed E-state index contributed by atoms with van der Waals surface area (Å²) < 4.78 is 0. The summed E-state index contributed by atoms with van der Waals surface area (Å²) in [6.45, 7) is 3.56. The van der Waals surface area contributed by atoms with E-state index in [1.54, 1.807) is 0 Å². The van der Waals surface area contributed by atoms with Gasteiger partial charge >= 0.3 is 0 Å². The van der Waals surface area contributed by atoms with Gasteiger partial charge < -0.3 is 5.32 Å². The maximum absolute atomic E-state index is 12.4. The molecule has 1 heterocycles. The predicted octanol–water partition coefficient (Wildman–Crippen LogP) is 4.24. The fourth-order valence-electron chi connectivity index (χ4n) is 4.03. The van der Waals surface area contributed by atoms with E-state index in [0.717, 1.165) is 23.7 Å². The zero-order valence-corrected chi connectivity index (χ0v) is 14.0. The van der Waals surface area contributed by atoms with Gasteiger partial charge in [0.25, 0.3) is 0 Å². The third-order valence-electron chi connectivity index (χ3n) is 5.18. The number of amides is 1. The zero-order chi connectivity index (χ0) is 15.5. The standard InChI is InChI=1S/C18H25ClN2O/c1-13-8-9-15(19)11-16(13)20-18(22)12-21-10-4-6-14-5-2-3-7-17(14)21/h8-9,11,14,17H,2-7,10,12H2,1H3,(H,20,22)/t14-,17-/m0/s1. The predicted molar refractivity (Wildman–Crippen MR) is 91.4 cm³/mol. The number of rotatable bonds is 3. The monoisotopic (exact) mass is 320 g/mol. The van der Waals surface area contributed by atoms with E-state index in [1.807, 2.05) is 25.1 Å². The first-order valence-corrected chi connectivity index (χ1v) is 8.81. The fourth-order valence-corrected chi connectivity index (χ4v) is 4.20. The van der Waals surface area contributed by atoms with Crippen molar-refractivity contribution in [2.45, 2.75) is 51.5 Å². The number of anilines is 1. The molecule has 4 heteroatoms. The molecule has 0 spiro atoms. The Balaban J connectivity index is 1.62. The van der Waals surface area contributed by atoms with Crippen molar-refractivity contribution in [1.82, 2.24) is 4.90 Å². The van der Waals surface area contributed by atoms with E-state index in [-0.39, 0.29) is 5.91 Å². The van der Waals surface area contributed by atoms with Gasteiger partial charge in [0.2, 0.25) is 5.91 Å². The van der Waals surface area contributed by atoms with Crippen LogP contribution in [0.15, 0.2) is 18.2 Å². The van der Waals surface area contributed by atoms with Gasteiger partial charge in [0.1, 0.15) is 0 Å². The van der Waals surface area contributed by atoms with Crippen molar-refractivity contribution in [2.24, 2.45) is 5.92 Å². The van der Waals surface area contributed by atoms with Crippen LogP contribution in [0.4, 0.5) is 5.69 Å². The first-order chi connectivity index (χ1) is 10.6. The number of benzene rings is 1. The number of nitrogens with one attached hydrogen (secondary N) is 1. The van der Waals surface area contributed by atoms with E-state index in [0.29, 0.717) is 17.6 Å². The molecule has 3 nitrogen and oxygen atoms in total. The summed E-state index contributed by atoms with van der Waals surface area (Å²) in [4.78, 5) is 14.8. The molecule has 2 fully saturated rings. The Morgan fingerprint density at radius 1 is 1.27 bits per heavy atom. The summed E-state index contributed by atoms with van der Waals surface area (Å²) in [5.74, 6) is 0.889. The Morgan fingerprint density at radius 3 is 2.91 bits per heavy atom. The second-order valence-corrected chi connectivity index (χ2v) is 7.17. The molecule has 120 valence electrons. The van der Waals surface area contributed by atoms with Gasteiger partial charge in [-0.15, -0.1) is 0 Å². The number of carbonyl (C=O) groups is 1. The molecule has 1 N–H and O–H groups in total. The molecule has 0 unspecified atom stereocenters. The van der Waals surface area contributed by atoms with Crippen molar-refractivity contribution in [1.29, 1.82) is 0 Å². The van der Waals surface area contributed by atoms with Gasteiger partial charge in [-0.3, -0.25) is 9.69 Å². The smallest absolute Gasteiger partial charge is 0.238 e. The van der Waals surface area contributed by atoms with Crippen LogP contribution in [0, 0.1) is 12.8 Å². The number of hydrogen-bond donors (Lipinski definition) is 1. The molecule has 22 heavy (non-hydrogen) atoms. The van der Waals surface area contributed by atoms with E-state index in [9.17, 15) is 4.79 Å². The number of nitrogens with zero attached hydrogens (tertiary/aromatic N) is 1. The second-order valence-electron chi connectivity index (χ2n) is 6.73. The molecule has 1 amide bonds. The van der Waals surface area contributed by atoms with Gasteiger partial charge in [0.05, 0.1) is 6.54 Å². The van der Waals surface area contributed by atoms with Crippen LogP contribution < -0.4 is 5.32 Å². The topological polar surface area (TPSA) is 32.3 Å². The quantitative estimate of drug-likeness (QED) is 0.903. The lowest BCUT2D eigenvalue weighted by Crippen LogP contribution is -2.49. The number of piperidine rings is 1. The molecule has 0 aromatic heterocycles. The Labute approximate surface area is 138 Å². The molecule has 2 aliphatic rings. The number of halogens is 1. The molecule has 1 aromatic rings. The summed E-state index contributed by atoms with van der Waals surface area (Å²) in [6.07, 6.45) is 7.85. The summed E-state index contributed by atoms with van der Waals surface area (Å²) in [5, 5.41) is 3.69. The van der Waals surface area contributed by atoms with Crippen molar-refractivity contribution in [3.05, 3.63) is 28.8 Å². The summed E-state index contributed by atoms with van der Waals surface area (Å²) in [5.41, 5.74) is 1.88. The largest absolute Gasteiger partial charge is 0.325 e. The average Bonchev–Trinajstić information content (AvgIpc) is 2.51. The lowest BCUT2D eigenvalue weighted by Gasteiger charge is -2.43. The Bertz CT molecular complexity index is 544. The minimum absolute atomic E-state index is 0.0802. The third-order valence-corrected chi connectivity index (χ3v) is 5.41. The first kappa shape index (κ1) is 15.8. The lowest BCUT2D eigenvalue weighted by atomic mass is 9.78. The minimum atomic E-state index is 0.0802. The van der Waals surface area contributed by atoms with Crippen molar-refractivity contribution < 1.29 is 4.79 Å². The lowest BCUT2D eigenvalue weighted by molar-refractivity contribution is -0.118. The van der Waals surface area contributed by atoms with Gasteiger partial charge in [0.15, 0.2) is 0 Å². The molecule has 1 aromatic carbocycles. The van der Waals surface area contributed by atoms with Crippen LogP contribution in [0.3, 0.4) is 0 Å². The van der Waals surface area contributed by atoms with E-state index in [2.05, 4.69) is 10.2 Å². The summed E-state index contributed by atoms with van der Waals surface area (Å²) in [7, 11) is 0. The van der Waals surface area contributed by atoms with Crippen LogP contribution >= 0.6 is 11.6 Å². The zero-order valence-electron chi connectivity index (χ0n) is 13.3. The maximum atomic E-state index is 12.4. The van der Waals surface area contributed by atoms with Crippen LogP contribution in [0.5, 0.6) is 0 Å². The molecular formula is C18H25ClN2O. The first-order valence-electron chi connectivity index (χ1n) is 8.43. The van der Waals surface area contributed by atoms with E-state index < -0.39 is 0 Å². The molecule has 0 bridgehead atoms. The molecule has 0 radical (unpaired) electrons. The van der Waals surface area contributed by atoms with E-state index >= 15 is 0 Å². The molecule has 2 atom stereocenters. The average molecular weight is 321 g/mol. The highest BCUT2D eigenvalue weighted by atomic mass is 35.5. The Hall–Kier alpha value is -1.06. The van der Waals surface area contributed by atoms with Gasteiger partial charge in [-0.05, 0) is 62.8 Å². The van der Waals surface area contributed by atoms with E-state index in [1.165, 1.54) is 38.5 Å². The van der Waals surface area contributed by atoms with Gasteiger partial charge in [-0.1, -0.05) is 30.5 Å². The van der Waals surface area contributed by atoms with Gasteiger partial charge in [-0.25, -0.2) is 0 Å². The highest BCUT2D eigenvalue weighted by molar-refractivity contribution is 6.31. The molecule has 1 saturated carbocycles. The molecule has 1 aliphatic heterocycles. The molecule has 1 saturated heterocycles. The number of likely N-dealkylation sites (tertiary alicyclic amines) is 1. The molecular weight excluding hydrogens is 296 g/mol. The maximum Gasteiger partial charge on any atom is 0.238 e. The molecule has 3 rings (SSSR count). The van der Waals surface area contributed by atoms with Crippen molar-refractivity contribution >= 4 is 23.2 Å². The SMILES string of the molecule is Cc1ccc(Cl)cc1NC(=O)CN1CCC[C@@H]2CCCC[C@@H]21. The molecule has 1 aliphatic carbocycles. The number of fused-ring (bicyclic) bond motifs is 1. The number of aryl methyl sites for hydroxylation is 1. The fraction of sp³-hybridized carbons (Fsp3) is 0.611. The second kappa shape index (κ2) is 7.01. The van der Waals surface area contributed by atoms with E-state index in [4.69, 9.17) is 11.6 Å². The minimum Gasteiger partial charge on any atom is -0.325 e. The summed E-state index contributed by atoms with van der Waals surface area (Å²) >= 11 is 6.02. The Morgan fingerprint density at radius 2 is 2.05 bits per heavy atom. The van der Waals surface area contributed by atoms with Crippen molar-refractivity contribution in [3.8, 4) is 0 Å². The number of hydrogen-bond acceptors (Lipinski definition) is 2. The van der Waals surface area contributed by atoms with Crippen LogP contribution in [0.2, 0.25) is 5.02 Å². The van der Waals surface area contributed by atoms with Gasteiger partial charge in [-0.2, -0.15) is 0 Å². The van der Waals surface area contributed by atoms with Crippen molar-refractivity contribution in [3.63, 3.8) is 0 Å². The van der Waals surface area contributed by atoms with Crippen LogP contribution in [-0.2, 0) is 4.79 Å². The normalized spacial score (nSPS) is 25.5. The summed E-state index contributed by atoms with van der Waals surface area (Å²) in [6, 6.07) is 6.24. The van der Waals surface area contributed by atoms with Crippen molar-refractivity contribution in [2.75, 3.05) is 18.4 Å². The Kier molecular flexibility index (Phi) is 5.04. The van der Waals surface area contributed by atoms with Gasteiger partial charge in [0, 0.05) is 16.8 Å². The third kappa shape index (κ3) is 3.64.